The number of rotatable bonds is 22. The van der Waals surface area contributed by atoms with E-state index in [1.165, 1.54) is 6.07 Å². The zero-order chi connectivity index (χ0) is 51.0. The molecule has 6 fully saturated rings. The van der Waals surface area contributed by atoms with Crippen molar-refractivity contribution >= 4 is 70.3 Å². The fraction of sp³-hybridized carbons (Fsp3) is 0.679. The standard InChI is InChI=1S/C53H72Cl2FN7O9S/c54-34-13-16-38-40(31-34)59-50(67)53(38)44(37-7-6-8-39(55)45(37)56)47(62-52(53)19-4-1-5-20-52)48(65)58-35-14-11-33(12-15-35)49(66)63-22-17-36(18-23-63)72-30-29-71-28-27-70-26-25-69-24-21-57-43(64)10-3-2-9-42-46-41(32-73-42)60-51(68)61-46/h6-8,13,16,31,33,35-36,41-42,44,46-47,62H,1-5,9-12,14-15,17-30,32H2,(H,57,64)(H,58,65)(H,59,67)(H2,60,61,68)/t33?,35?,41-,42?,44-,46-,47+,53+/m0/s1. The molecule has 1 unspecified atom stereocenters. The van der Waals surface area contributed by atoms with Crippen LogP contribution in [0.4, 0.5) is 14.9 Å². The smallest absolute Gasteiger partial charge is 0.315 e. The molecule has 0 radical (unpaired) electrons. The average molecular weight is 1070 g/mol. The number of ether oxygens (including phenoxy) is 4. The third kappa shape index (κ3) is 12.1. The van der Waals surface area contributed by atoms with Crippen molar-refractivity contribution in [3.8, 4) is 0 Å². The van der Waals surface area contributed by atoms with Crippen molar-refractivity contribution in [3.05, 3.63) is 63.4 Å². The van der Waals surface area contributed by atoms with E-state index in [4.69, 9.17) is 42.1 Å². The van der Waals surface area contributed by atoms with Gasteiger partial charge in [0.15, 0.2) is 0 Å². The molecule has 6 N–H and O–H groups in total. The van der Waals surface area contributed by atoms with Gasteiger partial charge in [-0.1, -0.05) is 67.1 Å². The fourth-order valence-electron chi connectivity index (χ4n) is 12.9. The van der Waals surface area contributed by atoms with Crippen LogP contribution in [-0.2, 0) is 43.5 Å². The van der Waals surface area contributed by atoms with Gasteiger partial charge in [0, 0.05) is 71.2 Å². The molecule has 7 aliphatic rings. The van der Waals surface area contributed by atoms with Crippen molar-refractivity contribution in [2.24, 2.45) is 5.92 Å². The third-order valence-electron chi connectivity index (χ3n) is 16.5. The number of hydrogen-bond donors (Lipinski definition) is 6. The van der Waals surface area contributed by atoms with Gasteiger partial charge < -0.3 is 50.4 Å². The molecule has 4 saturated heterocycles. The Morgan fingerprint density at radius 2 is 1.58 bits per heavy atom. The Kier molecular flexibility index (Phi) is 18.5. The summed E-state index contributed by atoms with van der Waals surface area (Å²) >= 11 is 14.7. The molecular weight excluding hydrogens is 1000 g/mol. The first-order chi connectivity index (χ1) is 35.5. The van der Waals surface area contributed by atoms with Gasteiger partial charge in [0.2, 0.25) is 23.6 Å². The molecule has 5 heterocycles. The van der Waals surface area contributed by atoms with Gasteiger partial charge in [-0.05, 0) is 93.5 Å². The Labute approximate surface area is 442 Å². The van der Waals surface area contributed by atoms with E-state index in [0.717, 1.165) is 57.1 Å². The summed E-state index contributed by atoms with van der Waals surface area (Å²) in [5, 5.41) is 19.8. The topological polar surface area (TPSA) is 198 Å². The normalized spacial score (nSPS) is 28.4. The lowest BCUT2D eigenvalue weighted by Crippen LogP contribution is -2.60. The number of carbonyl (C=O) groups excluding carboxylic acids is 5. The van der Waals surface area contributed by atoms with E-state index in [2.05, 4.69) is 31.9 Å². The lowest BCUT2D eigenvalue weighted by molar-refractivity contribution is -0.139. The Hall–Kier alpha value is -3.75. The molecule has 0 bridgehead atoms. The van der Waals surface area contributed by atoms with Gasteiger partial charge in [-0.15, -0.1) is 0 Å². The van der Waals surface area contributed by atoms with Crippen LogP contribution in [0.2, 0.25) is 10.0 Å². The summed E-state index contributed by atoms with van der Waals surface area (Å²) in [6, 6.07) is 9.40. The van der Waals surface area contributed by atoms with Gasteiger partial charge in [-0.25, -0.2) is 9.18 Å². The molecule has 20 heteroatoms. The molecule has 400 valence electrons. The maximum absolute atomic E-state index is 16.3. The van der Waals surface area contributed by atoms with Gasteiger partial charge in [-0.3, -0.25) is 24.5 Å². The van der Waals surface area contributed by atoms with Crippen molar-refractivity contribution in [1.82, 2.24) is 31.5 Å². The first-order valence-electron chi connectivity index (χ1n) is 26.7. The summed E-state index contributed by atoms with van der Waals surface area (Å²) < 4.78 is 39.3. The molecule has 6 atom stereocenters. The van der Waals surface area contributed by atoms with E-state index in [9.17, 15) is 24.0 Å². The maximum atomic E-state index is 16.3. The molecule has 2 aliphatic carbocycles. The minimum absolute atomic E-state index is 0.0266. The van der Waals surface area contributed by atoms with E-state index >= 15 is 4.39 Å². The predicted octanol–water partition coefficient (Wildman–Crippen LogP) is 6.36. The predicted molar refractivity (Wildman–Crippen MR) is 278 cm³/mol. The lowest BCUT2D eigenvalue weighted by atomic mass is 9.55. The summed E-state index contributed by atoms with van der Waals surface area (Å²) in [6.07, 6.45) is 11.4. The molecule has 73 heavy (non-hydrogen) atoms. The number of unbranched alkanes of at least 4 members (excludes halogenated alkanes) is 1. The molecule has 2 spiro atoms. The Morgan fingerprint density at radius 3 is 2.33 bits per heavy atom. The Morgan fingerprint density at radius 1 is 0.849 bits per heavy atom. The molecule has 2 saturated carbocycles. The van der Waals surface area contributed by atoms with E-state index in [0.29, 0.717) is 132 Å². The number of piperidine rings is 1. The fourth-order valence-corrected chi connectivity index (χ4v) is 14.8. The number of thioether (sulfide) groups is 1. The molecule has 0 aromatic heterocycles. The average Bonchev–Trinajstić information content (AvgIpc) is 4.12. The van der Waals surface area contributed by atoms with Crippen LogP contribution in [0, 0.1) is 11.7 Å². The van der Waals surface area contributed by atoms with E-state index in [1.807, 2.05) is 22.7 Å². The molecular formula is C53H72Cl2FN7O9S. The van der Waals surface area contributed by atoms with Gasteiger partial charge >= 0.3 is 6.03 Å². The number of likely N-dealkylation sites (tertiary alicyclic amines) is 1. The van der Waals surface area contributed by atoms with Crippen LogP contribution < -0.4 is 31.9 Å². The minimum atomic E-state index is -1.30. The number of carbonyl (C=O) groups is 5. The van der Waals surface area contributed by atoms with Crippen LogP contribution in [0.3, 0.4) is 0 Å². The Balaban J connectivity index is 0.633. The van der Waals surface area contributed by atoms with Crippen LogP contribution in [0.25, 0.3) is 0 Å². The van der Waals surface area contributed by atoms with Crippen molar-refractivity contribution in [2.75, 3.05) is 77.0 Å². The number of nitrogens with one attached hydrogen (secondary N) is 6. The Bertz CT molecular complexity index is 2280. The van der Waals surface area contributed by atoms with Crippen LogP contribution >= 0.6 is 35.0 Å². The number of hydrogen-bond acceptors (Lipinski definition) is 11. The molecule has 6 amide bonds. The van der Waals surface area contributed by atoms with Gasteiger partial charge in [0.05, 0.1) is 75.5 Å². The highest BCUT2D eigenvalue weighted by atomic mass is 35.5. The number of halogens is 3. The third-order valence-corrected chi connectivity index (χ3v) is 18.5. The van der Waals surface area contributed by atoms with Crippen molar-refractivity contribution in [1.29, 1.82) is 0 Å². The largest absolute Gasteiger partial charge is 0.377 e. The maximum Gasteiger partial charge on any atom is 0.315 e. The first-order valence-corrected chi connectivity index (χ1v) is 28.5. The lowest BCUT2D eigenvalue weighted by Gasteiger charge is -2.47. The zero-order valence-electron chi connectivity index (χ0n) is 41.6. The first kappa shape index (κ1) is 54.1. The second-order valence-electron chi connectivity index (χ2n) is 20.8. The molecule has 2 aromatic carbocycles. The zero-order valence-corrected chi connectivity index (χ0v) is 44.0. The van der Waals surface area contributed by atoms with Crippen LogP contribution in [-0.4, -0.2) is 147 Å². The summed E-state index contributed by atoms with van der Waals surface area (Å²) in [5.41, 5.74) is -0.597. The second-order valence-corrected chi connectivity index (χ2v) is 23.0. The monoisotopic (exact) mass is 1070 g/mol. The van der Waals surface area contributed by atoms with Crippen molar-refractivity contribution in [3.63, 3.8) is 0 Å². The number of benzene rings is 2. The minimum Gasteiger partial charge on any atom is -0.377 e. The highest BCUT2D eigenvalue weighted by Gasteiger charge is 2.72. The quantitative estimate of drug-likeness (QED) is 0.0568. The number of amides is 6. The van der Waals surface area contributed by atoms with Gasteiger partial charge in [0.1, 0.15) is 11.2 Å². The second kappa shape index (κ2) is 24.9. The molecule has 5 aliphatic heterocycles. The van der Waals surface area contributed by atoms with Gasteiger partial charge in [-0.2, -0.15) is 11.8 Å². The molecule has 16 nitrogen and oxygen atoms in total. The van der Waals surface area contributed by atoms with E-state index in [-0.39, 0.29) is 70.4 Å². The van der Waals surface area contributed by atoms with E-state index in [1.54, 1.807) is 24.3 Å². The number of anilines is 1. The summed E-state index contributed by atoms with van der Waals surface area (Å²) in [5.74, 6) is -1.10. The summed E-state index contributed by atoms with van der Waals surface area (Å²) in [7, 11) is 0. The van der Waals surface area contributed by atoms with Gasteiger partial charge in [0.25, 0.3) is 0 Å². The highest BCUT2D eigenvalue weighted by molar-refractivity contribution is 8.00. The number of urea groups is 1. The summed E-state index contributed by atoms with van der Waals surface area (Å²) in [6.45, 7) is 4.80. The number of nitrogens with zero attached hydrogens (tertiary/aromatic N) is 1. The van der Waals surface area contributed by atoms with Crippen LogP contribution in [0.1, 0.15) is 113 Å². The van der Waals surface area contributed by atoms with Crippen molar-refractivity contribution < 1.29 is 47.3 Å². The summed E-state index contributed by atoms with van der Waals surface area (Å²) in [4.78, 5) is 68.8. The van der Waals surface area contributed by atoms with Crippen LogP contribution in [0.15, 0.2) is 36.4 Å². The van der Waals surface area contributed by atoms with Crippen molar-refractivity contribution in [2.45, 2.75) is 149 Å². The van der Waals surface area contributed by atoms with Crippen LogP contribution in [0.5, 0.6) is 0 Å². The SMILES string of the molecule is O=C(CCCCC1SC[C@@H]2NC(=O)N[C@H]12)NCCOCCOCCOCCOC1CCN(C(=O)C2CCC(NC(=O)[C@@H]3NC4(CCCCC4)[C@@]4(C(=O)Nc5cc(Cl)ccc54)[C@H]3c3cccc(Cl)c3F)CC2)CC1. The highest BCUT2D eigenvalue weighted by Crippen LogP contribution is 2.63. The molecule has 2 aromatic rings. The van der Waals surface area contributed by atoms with E-state index < -0.39 is 28.7 Å². The molecule has 9 rings (SSSR count). The number of fused-ring (bicyclic) bond motifs is 4.